The van der Waals surface area contributed by atoms with Crippen LogP contribution in [0.25, 0.3) is 0 Å². The van der Waals surface area contributed by atoms with Gasteiger partial charge in [-0.05, 0) is 72.6 Å². The SMILES string of the molecule is Clc1ccc2c(c1)CCCC21CC1CCC1CCCCC1. The Morgan fingerprint density at radius 1 is 1.05 bits per heavy atom. The quantitative estimate of drug-likeness (QED) is 0.615. The standard InChI is InChI=1S/C20H27Cl/c21-18-10-11-19-16(13-18)7-4-12-20(19)14-17(20)9-8-15-5-2-1-3-6-15/h10-11,13,15,17H,1-9,12,14H2. The molecule has 1 spiro atoms. The fourth-order valence-electron chi connectivity index (χ4n) is 5.29. The molecule has 2 atom stereocenters. The van der Waals surface area contributed by atoms with Gasteiger partial charge in [-0.25, -0.2) is 0 Å². The van der Waals surface area contributed by atoms with Crippen molar-refractivity contribution in [2.45, 2.75) is 76.0 Å². The summed E-state index contributed by atoms with van der Waals surface area (Å²) in [6.07, 6.45) is 15.9. The molecular weight excluding hydrogens is 276 g/mol. The topological polar surface area (TPSA) is 0 Å². The van der Waals surface area contributed by atoms with Crippen LogP contribution in [0, 0.1) is 11.8 Å². The molecule has 0 amide bonds. The molecule has 0 bridgehead atoms. The first-order valence-corrected chi connectivity index (χ1v) is 9.45. The second-order valence-electron chi connectivity index (χ2n) is 7.79. The first-order valence-electron chi connectivity index (χ1n) is 9.07. The van der Waals surface area contributed by atoms with Crippen molar-refractivity contribution in [3.63, 3.8) is 0 Å². The number of aryl methyl sites for hydroxylation is 1. The molecule has 1 aromatic rings. The molecule has 2 fully saturated rings. The highest BCUT2D eigenvalue weighted by Crippen LogP contribution is 2.62. The van der Waals surface area contributed by atoms with Crippen molar-refractivity contribution < 1.29 is 0 Å². The molecule has 0 aliphatic heterocycles. The highest BCUT2D eigenvalue weighted by molar-refractivity contribution is 6.30. The van der Waals surface area contributed by atoms with Gasteiger partial charge in [0.15, 0.2) is 0 Å². The van der Waals surface area contributed by atoms with Gasteiger partial charge >= 0.3 is 0 Å². The van der Waals surface area contributed by atoms with Crippen molar-refractivity contribution >= 4 is 11.6 Å². The molecule has 1 heteroatoms. The Hall–Kier alpha value is -0.490. The van der Waals surface area contributed by atoms with E-state index in [4.69, 9.17) is 11.6 Å². The lowest BCUT2D eigenvalue weighted by atomic mass is 9.77. The Bertz CT molecular complexity index is 515. The maximum absolute atomic E-state index is 6.19. The number of fused-ring (bicyclic) bond motifs is 2. The van der Waals surface area contributed by atoms with Gasteiger partial charge < -0.3 is 0 Å². The van der Waals surface area contributed by atoms with Crippen LogP contribution in [0.2, 0.25) is 5.02 Å². The first-order chi connectivity index (χ1) is 10.3. The zero-order chi connectivity index (χ0) is 14.3. The normalized spacial score (nSPS) is 32.1. The van der Waals surface area contributed by atoms with Crippen LogP contribution < -0.4 is 0 Å². The van der Waals surface area contributed by atoms with Crippen LogP contribution in [0.15, 0.2) is 18.2 Å². The lowest BCUT2D eigenvalue weighted by molar-refractivity contribution is 0.320. The van der Waals surface area contributed by atoms with E-state index >= 15 is 0 Å². The summed E-state index contributed by atoms with van der Waals surface area (Å²) in [5, 5.41) is 0.921. The third kappa shape index (κ3) is 2.65. The Morgan fingerprint density at radius 3 is 2.76 bits per heavy atom. The van der Waals surface area contributed by atoms with Crippen molar-refractivity contribution in [1.29, 1.82) is 0 Å². The van der Waals surface area contributed by atoms with E-state index in [9.17, 15) is 0 Å². The third-order valence-electron chi connectivity index (χ3n) is 6.55. The van der Waals surface area contributed by atoms with E-state index in [1.54, 1.807) is 11.1 Å². The summed E-state index contributed by atoms with van der Waals surface area (Å²) in [4.78, 5) is 0. The minimum Gasteiger partial charge on any atom is -0.0843 e. The summed E-state index contributed by atoms with van der Waals surface area (Å²) in [5.41, 5.74) is 3.77. The van der Waals surface area contributed by atoms with Crippen LogP contribution in [0.4, 0.5) is 0 Å². The summed E-state index contributed by atoms with van der Waals surface area (Å²) >= 11 is 6.19. The van der Waals surface area contributed by atoms with Crippen molar-refractivity contribution in [2.75, 3.05) is 0 Å². The van der Waals surface area contributed by atoms with Gasteiger partial charge in [0.05, 0.1) is 0 Å². The number of hydrogen-bond acceptors (Lipinski definition) is 0. The van der Waals surface area contributed by atoms with Gasteiger partial charge in [0, 0.05) is 5.02 Å². The molecule has 0 nitrogen and oxygen atoms in total. The largest absolute Gasteiger partial charge is 0.0843 e. The minimum absolute atomic E-state index is 0.562. The third-order valence-corrected chi connectivity index (χ3v) is 6.79. The second kappa shape index (κ2) is 5.61. The fraction of sp³-hybridized carbons (Fsp3) is 0.700. The van der Waals surface area contributed by atoms with Crippen molar-refractivity contribution in [3.8, 4) is 0 Å². The van der Waals surface area contributed by atoms with Gasteiger partial charge in [-0.2, -0.15) is 0 Å². The molecule has 0 radical (unpaired) electrons. The molecule has 0 heterocycles. The lowest BCUT2D eigenvalue weighted by Gasteiger charge is -2.28. The average Bonchev–Trinajstić information content (AvgIpc) is 3.20. The Balaban J connectivity index is 1.43. The van der Waals surface area contributed by atoms with E-state index in [1.165, 1.54) is 70.6 Å². The molecule has 1 aromatic carbocycles. The fourth-order valence-corrected chi connectivity index (χ4v) is 5.49. The zero-order valence-electron chi connectivity index (χ0n) is 13.0. The smallest absolute Gasteiger partial charge is 0.0408 e. The molecule has 3 aliphatic rings. The average molecular weight is 303 g/mol. The maximum atomic E-state index is 6.19. The molecule has 0 N–H and O–H groups in total. The predicted octanol–water partition coefficient (Wildman–Crippen LogP) is 6.29. The molecule has 114 valence electrons. The van der Waals surface area contributed by atoms with Gasteiger partial charge in [0.1, 0.15) is 0 Å². The minimum atomic E-state index is 0.562. The first kappa shape index (κ1) is 14.1. The van der Waals surface area contributed by atoms with Crippen molar-refractivity contribution in [3.05, 3.63) is 34.3 Å². The number of halogens is 1. The van der Waals surface area contributed by atoms with Crippen LogP contribution in [0.3, 0.4) is 0 Å². The number of rotatable bonds is 3. The van der Waals surface area contributed by atoms with Crippen LogP contribution in [-0.2, 0) is 11.8 Å². The molecule has 3 aliphatic carbocycles. The number of hydrogen-bond donors (Lipinski definition) is 0. The highest BCUT2D eigenvalue weighted by Gasteiger charge is 2.55. The maximum Gasteiger partial charge on any atom is 0.0408 e. The van der Waals surface area contributed by atoms with E-state index in [0.29, 0.717) is 5.41 Å². The lowest BCUT2D eigenvalue weighted by Crippen LogP contribution is -2.19. The summed E-state index contributed by atoms with van der Waals surface area (Å²) in [5.74, 6) is 2.02. The molecular formula is C20H27Cl. The van der Waals surface area contributed by atoms with E-state index in [1.807, 2.05) is 0 Å². The molecule has 21 heavy (non-hydrogen) atoms. The Labute approximate surface area is 134 Å². The van der Waals surface area contributed by atoms with Crippen molar-refractivity contribution in [1.82, 2.24) is 0 Å². The van der Waals surface area contributed by atoms with Gasteiger partial charge in [-0.1, -0.05) is 56.2 Å². The van der Waals surface area contributed by atoms with E-state index in [0.717, 1.165) is 16.9 Å². The molecule has 2 saturated carbocycles. The summed E-state index contributed by atoms with van der Waals surface area (Å²) in [7, 11) is 0. The van der Waals surface area contributed by atoms with E-state index < -0.39 is 0 Å². The monoisotopic (exact) mass is 302 g/mol. The van der Waals surface area contributed by atoms with Gasteiger partial charge in [-0.15, -0.1) is 0 Å². The summed E-state index contributed by atoms with van der Waals surface area (Å²) in [6.45, 7) is 0. The summed E-state index contributed by atoms with van der Waals surface area (Å²) < 4.78 is 0. The second-order valence-corrected chi connectivity index (χ2v) is 8.23. The predicted molar refractivity (Wildman–Crippen MR) is 90.0 cm³/mol. The van der Waals surface area contributed by atoms with Crippen LogP contribution in [0.1, 0.15) is 75.3 Å². The molecule has 0 saturated heterocycles. The van der Waals surface area contributed by atoms with Gasteiger partial charge in [-0.3, -0.25) is 0 Å². The molecule has 0 aromatic heterocycles. The molecule has 4 rings (SSSR count). The van der Waals surface area contributed by atoms with Crippen LogP contribution in [0.5, 0.6) is 0 Å². The van der Waals surface area contributed by atoms with Gasteiger partial charge in [0.25, 0.3) is 0 Å². The Kier molecular flexibility index (Phi) is 3.78. The van der Waals surface area contributed by atoms with Crippen LogP contribution >= 0.6 is 11.6 Å². The van der Waals surface area contributed by atoms with E-state index in [-0.39, 0.29) is 0 Å². The van der Waals surface area contributed by atoms with Gasteiger partial charge in [0.2, 0.25) is 0 Å². The summed E-state index contributed by atoms with van der Waals surface area (Å²) in [6, 6.07) is 6.69. The zero-order valence-corrected chi connectivity index (χ0v) is 13.8. The molecule has 2 unspecified atom stereocenters. The van der Waals surface area contributed by atoms with Crippen molar-refractivity contribution in [2.24, 2.45) is 11.8 Å². The number of benzene rings is 1. The van der Waals surface area contributed by atoms with E-state index in [2.05, 4.69) is 18.2 Å². The Morgan fingerprint density at radius 2 is 1.90 bits per heavy atom. The van der Waals surface area contributed by atoms with Crippen LogP contribution in [-0.4, -0.2) is 0 Å². The highest BCUT2D eigenvalue weighted by atomic mass is 35.5.